The second-order valence-electron chi connectivity index (χ2n) is 6.15. The summed E-state index contributed by atoms with van der Waals surface area (Å²) in [6.07, 6.45) is 2.11. The highest BCUT2D eigenvalue weighted by molar-refractivity contribution is 6.01. The molecule has 0 saturated carbocycles. The van der Waals surface area contributed by atoms with E-state index in [0.29, 0.717) is 24.2 Å². The van der Waals surface area contributed by atoms with E-state index in [4.69, 9.17) is 4.74 Å². The number of aliphatic imine (C=N–C) groups is 1. The third-order valence-corrected chi connectivity index (χ3v) is 4.27. The molecular formula is C18H27N3O2. The van der Waals surface area contributed by atoms with E-state index < -0.39 is 0 Å². The molecule has 0 N–H and O–H groups in total. The SMILES string of the molecule is CCOC(=NC(=O)c1cccc(C)c1)N(C)C1CCN(C)CC1. The average molecular weight is 317 g/mol. The Balaban J connectivity index is 2.14. The van der Waals surface area contributed by atoms with Gasteiger partial charge in [0.25, 0.3) is 11.9 Å². The van der Waals surface area contributed by atoms with Crippen molar-refractivity contribution in [2.24, 2.45) is 4.99 Å². The van der Waals surface area contributed by atoms with Gasteiger partial charge in [-0.3, -0.25) is 4.79 Å². The van der Waals surface area contributed by atoms with Gasteiger partial charge in [-0.1, -0.05) is 17.7 Å². The number of nitrogens with zero attached hydrogens (tertiary/aromatic N) is 3. The summed E-state index contributed by atoms with van der Waals surface area (Å²) in [5, 5.41) is 0. The van der Waals surface area contributed by atoms with Crippen molar-refractivity contribution in [3.05, 3.63) is 35.4 Å². The van der Waals surface area contributed by atoms with Gasteiger partial charge in [0.2, 0.25) is 0 Å². The van der Waals surface area contributed by atoms with Crippen LogP contribution in [0.25, 0.3) is 0 Å². The molecule has 0 spiro atoms. The standard InChI is InChI=1S/C18H27N3O2/c1-5-23-18(21(4)16-9-11-20(3)12-10-16)19-17(22)15-8-6-7-14(2)13-15/h6-8,13,16H,5,9-12H2,1-4H3. The minimum Gasteiger partial charge on any atom is -0.465 e. The molecule has 1 aromatic carbocycles. The van der Waals surface area contributed by atoms with E-state index in [1.165, 1.54) is 0 Å². The Morgan fingerprint density at radius 3 is 2.70 bits per heavy atom. The lowest BCUT2D eigenvalue weighted by molar-refractivity contribution is 0.0989. The number of ether oxygens (including phenoxy) is 1. The number of carbonyl (C=O) groups excluding carboxylic acids is 1. The molecule has 1 heterocycles. The van der Waals surface area contributed by atoms with Gasteiger partial charge in [-0.15, -0.1) is 0 Å². The molecule has 1 aromatic rings. The monoisotopic (exact) mass is 317 g/mol. The highest BCUT2D eigenvalue weighted by Crippen LogP contribution is 2.15. The van der Waals surface area contributed by atoms with Crippen LogP contribution in [0.1, 0.15) is 35.7 Å². The molecule has 0 aliphatic carbocycles. The molecule has 23 heavy (non-hydrogen) atoms. The van der Waals surface area contributed by atoms with Crippen LogP contribution in [0.5, 0.6) is 0 Å². The lowest BCUT2D eigenvalue weighted by Gasteiger charge is -2.35. The number of hydrogen-bond donors (Lipinski definition) is 0. The number of aryl methyl sites for hydroxylation is 1. The van der Waals surface area contributed by atoms with Crippen LogP contribution in [-0.2, 0) is 4.74 Å². The molecule has 1 fully saturated rings. The van der Waals surface area contributed by atoms with Crippen molar-refractivity contribution in [1.29, 1.82) is 0 Å². The number of hydrogen-bond acceptors (Lipinski definition) is 3. The Kier molecular flexibility index (Phi) is 6.16. The third-order valence-electron chi connectivity index (χ3n) is 4.27. The quantitative estimate of drug-likeness (QED) is 0.635. The summed E-state index contributed by atoms with van der Waals surface area (Å²) in [7, 11) is 4.10. The predicted molar refractivity (Wildman–Crippen MR) is 92.9 cm³/mol. The molecule has 0 radical (unpaired) electrons. The zero-order chi connectivity index (χ0) is 16.8. The normalized spacial score (nSPS) is 17.1. The Labute approximate surface area is 138 Å². The number of amides is 1. The van der Waals surface area contributed by atoms with E-state index in [1.807, 2.05) is 44.0 Å². The smallest absolute Gasteiger partial charge is 0.295 e. The first kappa shape index (κ1) is 17.5. The Hall–Kier alpha value is -1.88. The van der Waals surface area contributed by atoms with Crippen molar-refractivity contribution in [2.45, 2.75) is 32.7 Å². The average Bonchev–Trinajstić information content (AvgIpc) is 2.54. The van der Waals surface area contributed by atoms with Gasteiger partial charge in [0, 0.05) is 18.7 Å². The second kappa shape index (κ2) is 8.11. The first-order chi connectivity index (χ1) is 11.0. The summed E-state index contributed by atoms with van der Waals surface area (Å²) >= 11 is 0. The lowest BCUT2D eigenvalue weighted by atomic mass is 10.0. The molecule has 126 valence electrons. The van der Waals surface area contributed by atoms with Gasteiger partial charge in [-0.25, -0.2) is 0 Å². The minimum absolute atomic E-state index is 0.253. The molecule has 1 saturated heterocycles. The Morgan fingerprint density at radius 1 is 1.39 bits per heavy atom. The molecule has 5 heteroatoms. The van der Waals surface area contributed by atoms with Crippen LogP contribution in [0.2, 0.25) is 0 Å². The summed E-state index contributed by atoms with van der Waals surface area (Å²) in [4.78, 5) is 21.0. The first-order valence-electron chi connectivity index (χ1n) is 8.25. The molecule has 0 bridgehead atoms. The largest absolute Gasteiger partial charge is 0.465 e. The number of benzene rings is 1. The highest BCUT2D eigenvalue weighted by atomic mass is 16.5. The fourth-order valence-electron chi connectivity index (χ4n) is 2.81. The maximum atomic E-state index is 12.4. The predicted octanol–water partition coefficient (Wildman–Crippen LogP) is 2.55. The fraction of sp³-hybridized carbons (Fsp3) is 0.556. The molecule has 0 aromatic heterocycles. The maximum absolute atomic E-state index is 12.4. The zero-order valence-electron chi connectivity index (χ0n) is 14.6. The van der Waals surface area contributed by atoms with Crippen LogP contribution in [0.3, 0.4) is 0 Å². The number of rotatable bonds is 3. The van der Waals surface area contributed by atoms with Crippen LogP contribution < -0.4 is 0 Å². The topological polar surface area (TPSA) is 45.1 Å². The zero-order valence-corrected chi connectivity index (χ0v) is 14.6. The van der Waals surface area contributed by atoms with Gasteiger partial charge in [-0.05, 0) is 59.0 Å². The van der Waals surface area contributed by atoms with Crippen molar-refractivity contribution in [3.8, 4) is 0 Å². The Bertz CT molecular complexity index is 563. The van der Waals surface area contributed by atoms with Crippen LogP contribution in [0.15, 0.2) is 29.3 Å². The molecule has 1 aliphatic rings. The van der Waals surface area contributed by atoms with Crippen molar-refractivity contribution in [2.75, 3.05) is 33.8 Å². The van der Waals surface area contributed by atoms with Gasteiger partial charge in [-0.2, -0.15) is 4.99 Å². The molecule has 1 aliphatic heterocycles. The van der Waals surface area contributed by atoms with Crippen LogP contribution in [0.4, 0.5) is 0 Å². The molecule has 0 atom stereocenters. The van der Waals surface area contributed by atoms with Gasteiger partial charge >= 0.3 is 0 Å². The molecule has 0 unspecified atom stereocenters. The van der Waals surface area contributed by atoms with Gasteiger partial charge < -0.3 is 14.5 Å². The fourth-order valence-corrected chi connectivity index (χ4v) is 2.81. The maximum Gasteiger partial charge on any atom is 0.295 e. The van der Waals surface area contributed by atoms with Crippen molar-refractivity contribution in [3.63, 3.8) is 0 Å². The van der Waals surface area contributed by atoms with Crippen molar-refractivity contribution in [1.82, 2.24) is 9.80 Å². The van der Waals surface area contributed by atoms with Crippen LogP contribution >= 0.6 is 0 Å². The van der Waals surface area contributed by atoms with Gasteiger partial charge in [0.15, 0.2) is 0 Å². The Morgan fingerprint density at radius 2 is 2.09 bits per heavy atom. The van der Waals surface area contributed by atoms with Gasteiger partial charge in [0.1, 0.15) is 0 Å². The van der Waals surface area contributed by atoms with E-state index in [2.05, 4.69) is 16.9 Å². The summed E-state index contributed by atoms with van der Waals surface area (Å²) in [6, 6.07) is 8.27. The van der Waals surface area contributed by atoms with E-state index in [0.717, 1.165) is 31.5 Å². The summed E-state index contributed by atoms with van der Waals surface area (Å²) in [6.45, 7) is 6.49. The van der Waals surface area contributed by atoms with Crippen molar-refractivity contribution < 1.29 is 9.53 Å². The van der Waals surface area contributed by atoms with E-state index in [9.17, 15) is 4.79 Å². The molecule has 1 amide bonds. The molecular weight excluding hydrogens is 290 g/mol. The lowest BCUT2D eigenvalue weighted by Crippen LogP contribution is -2.45. The third kappa shape index (κ3) is 4.79. The first-order valence-corrected chi connectivity index (χ1v) is 8.25. The summed E-state index contributed by atoms with van der Waals surface area (Å²) in [5.41, 5.74) is 1.65. The van der Waals surface area contributed by atoms with Crippen LogP contribution in [0, 0.1) is 6.92 Å². The highest BCUT2D eigenvalue weighted by Gasteiger charge is 2.24. The minimum atomic E-state index is -0.253. The molecule has 5 nitrogen and oxygen atoms in total. The van der Waals surface area contributed by atoms with E-state index in [1.54, 1.807) is 6.07 Å². The van der Waals surface area contributed by atoms with E-state index in [-0.39, 0.29) is 5.91 Å². The summed E-state index contributed by atoms with van der Waals surface area (Å²) in [5.74, 6) is -0.253. The number of likely N-dealkylation sites (tertiary alicyclic amines) is 1. The van der Waals surface area contributed by atoms with Gasteiger partial charge in [0.05, 0.1) is 6.61 Å². The number of amidine groups is 1. The summed E-state index contributed by atoms with van der Waals surface area (Å²) < 4.78 is 5.65. The second-order valence-corrected chi connectivity index (χ2v) is 6.15. The number of piperidine rings is 1. The van der Waals surface area contributed by atoms with Crippen molar-refractivity contribution >= 4 is 11.9 Å². The van der Waals surface area contributed by atoms with E-state index >= 15 is 0 Å². The molecule has 2 rings (SSSR count). The van der Waals surface area contributed by atoms with Crippen LogP contribution in [-0.4, -0.2) is 61.6 Å². The number of carbonyl (C=O) groups is 1.